The molecule has 180 valence electrons. The summed E-state index contributed by atoms with van der Waals surface area (Å²) >= 11 is 1.36. The summed E-state index contributed by atoms with van der Waals surface area (Å²) in [5, 5.41) is 7.74. The molecule has 1 saturated heterocycles. The molecule has 1 aliphatic heterocycles. The van der Waals surface area contributed by atoms with Crippen LogP contribution in [0, 0.1) is 12.8 Å². The SMILES string of the molecule is Cc1ccc(CN2C(=O)OC(c3cccc(NC(=O)c4cccs4)c3)C2C(=O)NCC2CC2)cc1. The monoisotopic (exact) mass is 489 g/mol. The Balaban J connectivity index is 1.39. The van der Waals surface area contributed by atoms with Gasteiger partial charge in [0.15, 0.2) is 12.1 Å². The molecule has 35 heavy (non-hydrogen) atoms. The van der Waals surface area contributed by atoms with Crippen molar-refractivity contribution >= 4 is 34.9 Å². The third kappa shape index (κ3) is 5.38. The maximum atomic E-state index is 13.3. The van der Waals surface area contributed by atoms with E-state index in [1.807, 2.05) is 48.7 Å². The van der Waals surface area contributed by atoms with Crippen LogP contribution in [0.1, 0.15) is 45.3 Å². The summed E-state index contributed by atoms with van der Waals surface area (Å²) < 4.78 is 5.76. The molecule has 2 N–H and O–H groups in total. The Bertz CT molecular complexity index is 1220. The van der Waals surface area contributed by atoms with Gasteiger partial charge in [0.2, 0.25) is 5.91 Å². The van der Waals surface area contributed by atoms with Gasteiger partial charge < -0.3 is 15.4 Å². The number of amides is 3. The molecular weight excluding hydrogens is 462 g/mol. The standard InChI is InChI=1S/C27H27N3O4S/c1-17-7-9-19(10-8-17)16-30-23(26(32)28-15-18-11-12-18)24(34-27(30)33)20-4-2-5-21(14-20)29-25(31)22-6-3-13-35-22/h2-10,13-14,18,23-24H,11-12,15-16H2,1H3,(H,28,32)(H,29,31). The number of anilines is 1. The lowest BCUT2D eigenvalue weighted by Gasteiger charge is -2.24. The summed E-state index contributed by atoms with van der Waals surface area (Å²) in [7, 11) is 0. The molecule has 7 nitrogen and oxygen atoms in total. The minimum absolute atomic E-state index is 0.208. The van der Waals surface area contributed by atoms with Crippen LogP contribution >= 0.6 is 11.3 Å². The summed E-state index contributed by atoms with van der Waals surface area (Å²) in [6.45, 7) is 2.87. The van der Waals surface area contributed by atoms with E-state index in [9.17, 15) is 14.4 Å². The minimum Gasteiger partial charge on any atom is -0.438 e. The maximum Gasteiger partial charge on any atom is 0.411 e. The van der Waals surface area contributed by atoms with Crippen molar-refractivity contribution in [2.75, 3.05) is 11.9 Å². The molecule has 2 atom stereocenters. The van der Waals surface area contributed by atoms with Crippen LogP contribution in [-0.2, 0) is 16.1 Å². The number of benzene rings is 2. The zero-order valence-electron chi connectivity index (χ0n) is 19.4. The molecular formula is C27H27N3O4S. The zero-order valence-corrected chi connectivity index (χ0v) is 20.2. The molecule has 1 aliphatic carbocycles. The summed E-state index contributed by atoms with van der Waals surface area (Å²) in [6.07, 6.45) is 0.909. The molecule has 1 saturated carbocycles. The van der Waals surface area contributed by atoms with Gasteiger partial charge >= 0.3 is 6.09 Å². The fourth-order valence-electron chi connectivity index (χ4n) is 4.17. The Labute approximate surface area is 208 Å². The average molecular weight is 490 g/mol. The van der Waals surface area contributed by atoms with Gasteiger partial charge in [0.25, 0.3) is 5.91 Å². The predicted molar refractivity (Wildman–Crippen MR) is 134 cm³/mol. The minimum atomic E-state index is -0.814. The Morgan fingerprint density at radius 1 is 1.09 bits per heavy atom. The number of nitrogens with one attached hydrogen (secondary N) is 2. The second-order valence-electron chi connectivity index (χ2n) is 9.11. The highest BCUT2D eigenvalue weighted by Crippen LogP contribution is 2.35. The summed E-state index contributed by atoms with van der Waals surface area (Å²) in [4.78, 5) is 40.9. The van der Waals surface area contributed by atoms with Crippen LogP contribution in [0.15, 0.2) is 66.0 Å². The maximum absolute atomic E-state index is 13.3. The smallest absolute Gasteiger partial charge is 0.411 e. The van der Waals surface area contributed by atoms with E-state index in [2.05, 4.69) is 10.6 Å². The average Bonchev–Trinajstić information content (AvgIpc) is 3.40. The number of hydrogen-bond donors (Lipinski definition) is 2. The fraction of sp³-hybridized carbons (Fsp3) is 0.296. The molecule has 0 bridgehead atoms. The largest absolute Gasteiger partial charge is 0.438 e. The highest BCUT2D eigenvalue weighted by atomic mass is 32.1. The second kappa shape index (κ2) is 9.92. The van der Waals surface area contributed by atoms with Gasteiger partial charge in [-0.15, -0.1) is 11.3 Å². The lowest BCUT2D eigenvalue weighted by molar-refractivity contribution is -0.126. The van der Waals surface area contributed by atoms with Crippen LogP contribution in [0.2, 0.25) is 0 Å². The van der Waals surface area contributed by atoms with Gasteiger partial charge in [0.05, 0.1) is 11.4 Å². The Kier molecular flexibility index (Phi) is 6.55. The molecule has 3 amide bonds. The molecule has 2 aliphatic rings. The van der Waals surface area contributed by atoms with Gasteiger partial charge in [-0.05, 0) is 60.4 Å². The van der Waals surface area contributed by atoms with Crippen molar-refractivity contribution in [3.05, 3.63) is 87.6 Å². The first kappa shape index (κ1) is 23.1. The Hall–Kier alpha value is -3.65. The molecule has 3 aromatic rings. The zero-order chi connectivity index (χ0) is 24.4. The number of nitrogens with zero attached hydrogens (tertiary/aromatic N) is 1. The van der Waals surface area contributed by atoms with E-state index in [1.165, 1.54) is 16.2 Å². The normalized spacial score (nSPS) is 19.3. The van der Waals surface area contributed by atoms with Gasteiger partial charge in [-0.3, -0.25) is 14.5 Å². The van der Waals surface area contributed by atoms with Crippen LogP contribution in [0.25, 0.3) is 0 Å². The van der Waals surface area contributed by atoms with Crippen molar-refractivity contribution in [3.8, 4) is 0 Å². The summed E-state index contributed by atoms with van der Waals surface area (Å²) in [5.74, 6) is 0.0740. The van der Waals surface area contributed by atoms with Gasteiger partial charge in [0.1, 0.15) is 0 Å². The third-order valence-corrected chi connectivity index (χ3v) is 7.18. The van der Waals surface area contributed by atoms with Crippen LogP contribution in [0.4, 0.5) is 10.5 Å². The quantitative estimate of drug-likeness (QED) is 0.471. The number of hydrogen-bond acceptors (Lipinski definition) is 5. The second-order valence-corrected chi connectivity index (χ2v) is 10.1. The first-order valence-electron chi connectivity index (χ1n) is 11.7. The number of carbonyl (C=O) groups excluding carboxylic acids is 3. The molecule has 8 heteroatoms. The van der Waals surface area contributed by atoms with Gasteiger partial charge in [-0.2, -0.15) is 0 Å². The summed E-state index contributed by atoms with van der Waals surface area (Å²) in [6, 6.07) is 17.8. The van der Waals surface area contributed by atoms with Crippen LogP contribution < -0.4 is 10.6 Å². The van der Waals surface area contributed by atoms with Gasteiger partial charge in [-0.1, -0.05) is 48.0 Å². The van der Waals surface area contributed by atoms with Crippen molar-refractivity contribution in [3.63, 3.8) is 0 Å². The van der Waals surface area contributed by atoms with Crippen molar-refractivity contribution in [1.29, 1.82) is 0 Å². The number of thiophene rings is 1. The lowest BCUT2D eigenvalue weighted by Crippen LogP contribution is -2.46. The van der Waals surface area contributed by atoms with E-state index in [-0.39, 0.29) is 18.4 Å². The van der Waals surface area contributed by atoms with E-state index < -0.39 is 18.2 Å². The molecule has 2 unspecified atom stereocenters. The lowest BCUT2D eigenvalue weighted by atomic mass is 10.00. The number of aryl methyl sites for hydroxylation is 1. The first-order valence-corrected chi connectivity index (χ1v) is 12.6. The van der Waals surface area contributed by atoms with E-state index in [0.29, 0.717) is 28.6 Å². The van der Waals surface area contributed by atoms with Crippen molar-refractivity contribution < 1.29 is 19.1 Å². The highest BCUT2D eigenvalue weighted by molar-refractivity contribution is 7.12. The van der Waals surface area contributed by atoms with Crippen molar-refractivity contribution in [1.82, 2.24) is 10.2 Å². The number of carbonyl (C=O) groups is 3. The molecule has 1 aromatic heterocycles. The number of ether oxygens (including phenoxy) is 1. The number of rotatable bonds is 8. The Morgan fingerprint density at radius 2 is 1.89 bits per heavy atom. The van der Waals surface area contributed by atoms with Crippen LogP contribution in [-0.4, -0.2) is 35.4 Å². The van der Waals surface area contributed by atoms with Gasteiger partial charge in [0, 0.05) is 12.2 Å². The van der Waals surface area contributed by atoms with E-state index in [1.54, 1.807) is 24.3 Å². The van der Waals surface area contributed by atoms with E-state index in [0.717, 1.165) is 24.0 Å². The third-order valence-electron chi connectivity index (χ3n) is 6.31. The fourth-order valence-corrected chi connectivity index (χ4v) is 4.78. The van der Waals surface area contributed by atoms with E-state index >= 15 is 0 Å². The topological polar surface area (TPSA) is 87.7 Å². The molecule has 2 aromatic carbocycles. The molecule has 2 fully saturated rings. The molecule has 2 heterocycles. The first-order chi connectivity index (χ1) is 17.0. The predicted octanol–water partition coefficient (Wildman–Crippen LogP) is 4.90. The Morgan fingerprint density at radius 3 is 2.60 bits per heavy atom. The highest BCUT2D eigenvalue weighted by Gasteiger charge is 2.47. The molecule has 0 spiro atoms. The van der Waals surface area contributed by atoms with Crippen LogP contribution in [0.5, 0.6) is 0 Å². The van der Waals surface area contributed by atoms with E-state index in [4.69, 9.17) is 4.74 Å². The van der Waals surface area contributed by atoms with Crippen molar-refractivity contribution in [2.24, 2.45) is 5.92 Å². The summed E-state index contributed by atoms with van der Waals surface area (Å²) in [5.41, 5.74) is 3.27. The molecule has 0 radical (unpaired) electrons. The van der Waals surface area contributed by atoms with Gasteiger partial charge in [-0.25, -0.2) is 4.79 Å². The van der Waals surface area contributed by atoms with Crippen molar-refractivity contribution in [2.45, 2.75) is 38.5 Å². The molecule has 5 rings (SSSR count). The van der Waals surface area contributed by atoms with Crippen LogP contribution in [0.3, 0.4) is 0 Å². The number of cyclic esters (lactones) is 1.